The van der Waals surface area contributed by atoms with Crippen LogP contribution in [0.3, 0.4) is 0 Å². The van der Waals surface area contributed by atoms with Gasteiger partial charge >= 0.3 is 0 Å². The first-order valence-corrected chi connectivity index (χ1v) is 13.1. The molecule has 0 saturated carbocycles. The topological polar surface area (TPSA) is 81.8 Å². The lowest BCUT2D eigenvalue weighted by atomic mass is 10.1. The molecule has 0 aliphatic carbocycles. The first-order chi connectivity index (χ1) is 17.5. The van der Waals surface area contributed by atoms with Crippen molar-refractivity contribution in [2.24, 2.45) is 5.92 Å². The van der Waals surface area contributed by atoms with Crippen LogP contribution in [0, 0.1) is 5.92 Å². The molecular formula is C29H41N7. The third kappa shape index (κ3) is 8.56. The van der Waals surface area contributed by atoms with Crippen LogP contribution in [0.5, 0.6) is 0 Å². The molecule has 0 atom stereocenters. The Morgan fingerprint density at radius 1 is 1.03 bits per heavy atom. The molecule has 0 spiro atoms. The predicted molar refractivity (Wildman–Crippen MR) is 153 cm³/mol. The molecule has 36 heavy (non-hydrogen) atoms. The molecule has 0 unspecified atom stereocenters. The van der Waals surface area contributed by atoms with Crippen molar-refractivity contribution in [2.45, 2.75) is 60.3 Å². The summed E-state index contributed by atoms with van der Waals surface area (Å²) in [5.41, 5.74) is 3.04. The molecule has 2 aromatic heterocycles. The number of benzene rings is 1. The highest BCUT2D eigenvalue weighted by Gasteiger charge is 2.13. The number of allylic oxidation sites excluding steroid dienone is 4. The second-order valence-corrected chi connectivity index (χ2v) is 9.47. The summed E-state index contributed by atoms with van der Waals surface area (Å²) in [5, 5.41) is 14.3. The Morgan fingerprint density at radius 3 is 2.56 bits per heavy atom. The minimum Gasteiger partial charge on any atom is -0.356 e. The Kier molecular flexibility index (Phi) is 10.5. The maximum Gasteiger partial charge on any atom is 0.232 e. The van der Waals surface area contributed by atoms with Gasteiger partial charge in [0.25, 0.3) is 0 Å². The van der Waals surface area contributed by atoms with Gasteiger partial charge in [-0.2, -0.15) is 15.1 Å². The first-order valence-electron chi connectivity index (χ1n) is 13.1. The van der Waals surface area contributed by atoms with Crippen molar-refractivity contribution in [3.05, 3.63) is 66.4 Å². The number of hydrogen-bond acceptors (Lipinski definition) is 6. The smallest absolute Gasteiger partial charge is 0.232 e. The van der Waals surface area contributed by atoms with E-state index < -0.39 is 0 Å². The van der Waals surface area contributed by atoms with Gasteiger partial charge in [0.2, 0.25) is 5.95 Å². The lowest BCUT2D eigenvalue weighted by Gasteiger charge is -2.24. The van der Waals surface area contributed by atoms with E-state index in [1.807, 2.05) is 61.5 Å². The van der Waals surface area contributed by atoms with E-state index in [0.717, 1.165) is 60.4 Å². The number of unbranched alkanes of at least 4 members (excludes halogenated alkanes) is 1. The van der Waals surface area contributed by atoms with E-state index in [4.69, 9.17) is 9.97 Å². The van der Waals surface area contributed by atoms with Crippen LogP contribution in [-0.2, 0) is 0 Å². The van der Waals surface area contributed by atoms with Gasteiger partial charge in [-0.05, 0) is 50.3 Å². The molecule has 7 nitrogen and oxygen atoms in total. The van der Waals surface area contributed by atoms with E-state index in [9.17, 15) is 0 Å². The number of anilines is 5. The van der Waals surface area contributed by atoms with Crippen LogP contribution in [-0.4, -0.2) is 33.3 Å². The average molecular weight is 488 g/mol. The average Bonchev–Trinajstić information content (AvgIpc) is 3.33. The van der Waals surface area contributed by atoms with E-state index in [-0.39, 0.29) is 0 Å². The van der Waals surface area contributed by atoms with E-state index in [2.05, 4.69) is 59.5 Å². The van der Waals surface area contributed by atoms with E-state index in [1.54, 1.807) is 0 Å². The Hall–Kier alpha value is -3.61. The number of rotatable bonds is 14. The molecule has 0 aliphatic rings. The lowest BCUT2D eigenvalue weighted by molar-refractivity contribution is 0.533. The van der Waals surface area contributed by atoms with Crippen LogP contribution in [0.25, 0.3) is 5.57 Å². The Bertz CT molecular complexity index is 1120. The summed E-state index contributed by atoms with van der Waals surface area (Å²) in [7, 11) is 0. The van der Waals surface area contributed by atoms with E-state index in [1.165, 1.54) is 12.8 Å². The molecule has 0 radical (unpaired) electrons. The highest BCUT2D eigenvalue weighted by Crippen LogP contribution is 2.25. The van der Waals surface area contributed by atoms with Gasteiger partial charge in [0.05, 0.1) is 5.69 Å². The summed E-state index contributed by atoms with van der Waals surface area (Å²) in [6, 6.07) is 14.1. The number of nitrogens with one attached hydrogen (secondary N) is 3. The first kappa shape index (κ1) is 27.0. The van der Waals surface area contributed by atoms with Gasteiger partial charge < -0.3 is 15.5 Å². The fourth-order valence-electron chi connectivity index (χ4n) is 3.88. The molecule has 0 saturated heterocycles. The fraction of sp³-hybridized carbons (Fsp3) is 0.414. The molecule has 7 heteroatoms. The van der Waals surface area contributed by atoms with Crippen molar-refractivity contribution in [2.75, 3.05) is 28.6 Å². The number of aromatic amines is 1. The van der Waals surface area contributed by atoms with E-state index in [0.29, 0.717) is 11.8 Å². The molecule has 192 valence electrons. The van der Waals surface area contributed by atoms with Crippen LogP contribution >= 0.6 is 0 Å². The van der Waals surface area contributed by atoms with Crippen LogP contribution in [0.1, 0.15) is 66.0 Å². The van der Waals surface area contributed by atoms with Crippen molar-refractivity contribution in [3.63, 3.8) is 0 Å². The standard InChI is InChI=1S/C29H41N7/c1-6-8-15-23(5)25-20-27(35-34-25)32-29-31-26(30-24-16-10-9-11-17-24)21-28(33-29)36(18-7-2)19-13-12-14-22(3)4/h6,8-11,15-17,20-22H,7,12-14,18-19H2,1-5H3,(H3,30,31,32,33,34,35)/b8-6?,23-15+. The molecule has 3 rings (SSSR count). The molecule has 1 aromatic carbocycles. The zero-order chi connectivity index (χ0) is 25.8. The molecular weight excluding hydrogens is 446 g/mol. The van der Waals surface area contributed by atoms with Crippen molar-refractivity contribution in [3.8, 4) is 0 Å². The monoisotopic (exact) mass is 487 g/mol. The number of para-hydroxylation sites is 1. The maximum atomic E-state index is 4.89. The molecule has 3 aromatic rings. The molecule has 0 fully saturated rings. The van der Waals surface area contributed by atoms with Gasteiger partial charge in [-0.3, -0.25) is 5.10 Å². The Balaban J connectivity index is 1.86. The van der Waals surface area contributed by atoms with Gasteiger partial charge in [0, 0.05) is 30.9 Å². The summed E-state index contributed by atoms with van der Waals surface area (Å²) in [4.78, 5) is 12.0. The normalized spacial score (nSPS) is 11.9. The minimum atomic E-state index is 0.516. The SMILES string of the molecule is CC=C/C=C(\C)c1cc(Nc2nc(Nc3ccccc3)cc(N(CCC)CCCCC(C)C)n2)n[nH]1. The van der Waals surface area contributed by atoms with Crippen LogP contribution in [0.2, 0.25) is 0 Å². The summed E-state index contributed by atoms with van der Waals surface area (Å²) in [6.07, 6.45) is 10.7. The summed E-state index contributed by atoms with van der Waals surface area (Å²) >= 11 is 0. The highest BCUT2D eigenvalue weighted by atomic mass is 15.3. The van der Waals surface area contributed by atoms with Gasteiger partial charge in [0.15, 0.2) is 5.82 Å². The predicted octanol–water partition coefficient (Wildman–Crippen LogP) is 7.71. The minimum absolute atomic E-state index is 0.516. The van der Waals surface area contributed by atoms with Crippen molar-refractivity contribution < 1.29 is 0 Å². The highest BCUT2D eigenvalue weighted by molar-refractivity contribution is 5.67. The maximum absolute atomic E-state index is 4.89. The molecule has 0 bridgehead atoms. The Morgan fingerprint density at radius 2 is 1.83 bits per heavy atom. The zero-order valence-electron chi connectivity index (χ0n) is 22.4. The van der Waals surface area contributed by atoms with Gasteiger partial charge in [-0.25, -0.2) is 0 Å². The second kappa shape index (κ2) is 14.1. The summed E-state index contributed by atoms with van der Waals surface area (Å²) in [5.74, 6) is 3.59. The Labute approximate surface area is 216 Å². The summed E-state index contributed by atoms with van der Waals surface area (Å²) < 4.78 is 0. The molecule has 0 aliphatic heterocycles. The zero-order valence-corrected chi connectivity index (χ0v) is 22.4. The number of nitrogens with zero attached hydrogens (tertiary/aromatic N) is 4. The van der Waals surface area contributed by atoms with Gasteiger partial charge in [-0.1, -0.05) is 70.0 Å². The number of H-pyrrole nitrogens is 1. The second-order valence-electron chi connectivity index (χ2n) is 9.47. The fourth-order valence-corrected chi connectivity index (χ4v) is 3.88. The van der Waals surface area contributed by atoms with Crippen LogP contribution < -0.4 is 15.5 Å². The summed E-state index contributed by atoms with van der Waals surface area (Å²) in [6.45, 7) is 12.8. The van der Waals surface area contributed by atoms with Gasteiger partial charge in [-0.15, -0.1) is 0 Å². The van der Waals surface area contributed by atoms with Gasteiger partial charge in [0.1, 0.15) is 11.6 Å². The molecule has 2 heterocycles. The van der Waals surface area contributed by atoms with Crippen molar-refractivity contribution in [1.82, 2.24) is 20.2 Å². The third-order valence-electron chi connectivity index (χ3n) is 5.82. The third-order valence-corrected chi connectivity index (χ3v) is 5.82. The van der Waals surface area contributed by atoms with Crippen molar-refractivity contribution in [1.29, 1.82) is 0 Å². The van der Waals surface area contributed by atoms with E-state index >= 15 is 0 Å². The lowest BCUT2D eigenvalue weighted by Crippen LogP contribution is -2.27. The quantitative estimate of drug-likeness (QED) is 0.160. The van der Waals surface area contributed by atoms with Crippen molar-refractivity contribution >= 4 is 34.7 Å². The largest absolute Gasteiger partial charge is 0.356 e. The number of hydrogen-bond donors (Lipinski definition) is 3. The molecule has 3 N–H and O–H groups in total. The number of aromatic nitrogens is 4. The van der Waals surface area contributed by atoms with Crippen LogP contribution in [0.4, 0.5) is 29.1 Å². The molecule has 0 amide bonds. The van der Waals surface area contributed by atoms with Crippen LogP contribution in [0.15, 0.2) is 60.7 Å².